The summed E-state index contributed by atoms with van der Waals surface area (Å²) in [5.74, 6) is -0.394. The van der Waals surface area contributed by atoms with Crippen LogP contribution in [0.4, 0.5) is 0 Å². The van der Waals surface area contributed by atoms with E-state index in [1.54, 1.807) is 29.2 Å². The summed E-state index contributed by atoms with van der Waals surface area (Å²) in [5.41, 5.74) is 1.44. The molecule has 0 spiro atoms. The SMILES string of the molecule is CCNC(=O)[C@H](CC)N(Cc1ccccc1Cl)C(=O)Cc1ccc(Cl)cc1Cl. The number of hydrogen-bond donors (Lipinski definition) is 1. The zero-order chi connectivity index (χ0) is 20.7. The largest absolute Gasteiger partial charge is 0.355 e. The van der Waals surface area contributed by atoms with Gasteiger partial charge in [-0.25, -0.2) is 0 Å². The van der Waals surface area contributed by atoms with Crippen LogP contribution in [0.25, 0.3) is 0 Å². The van der Waals surface area contributed by atoms with Crippen molar-refractivity contribution in [2.45, 2.75) is 39.3 Å². The van der Waals surface area contributed by atoms with E-state index < -0.39 is 6.04 Å². The van der Waals surface area contributed by atoms with Crippen LogP contribution in [0.5, 0.6) is 0 Å². The molecule has 7 heteroatoms. The van der Waals surface area contributed by atoms with E-state index in [0.29, 0.717) is 33.6 Å². The molecule has 1 N–H and O–H groups in total. The zero-order valence-corrected chi connectivity index (χ0v) is 18.1. The molecule has 150 valence electrons. The number of nitrogens with zero attached hydrogens (tertiary/aromatic N) is 1. The highest BCUT2D eigenvalue weighted by Gasteiger charge is 2.29. The molecule has 1 atom stereocenters. The van der Waals surface area contributed by atoms with E-state index in [1.807, 2.05) is 32.0 Å². The van der Waals surface area contributed by atoms with E-state index in [0.717, 1.165) is 5.56 Å². The van der Waals surface area contributed by atoms with Gasteiger partial charge in [0.25, 0.3) is 0 Å². The van der Waals surface area contributed by atoms with E-state index in [9.17, 15) is 9.59 Å². The molecule has 28 heavy (non-hydrogen) atoms. The van der Waals surface area contributed by atoms with Gasteiger partial charge in [-0.3, -0.25) is 9.59 Å². The van der Waals surface area contributed by atoms with E-state index in [4.69, 9.17) is 34.8 Å². The number of likely N-dealkylation sites (N-methyl/N-ethyl adjacent to an activating group) is 1. The highest BCUT2D eigenvalue weighted by atomic mass is 35.5. The Balaban J connectivity index is 2.33. The van der Waals surface area contributed by atoms with Gasteiger partial charge in [-0.05, 0) is 42.7 Å². The molecule has 2 aromatic rings. The normalized spacial score (nSPS) is 11.8. The highest BCUT2D eigenvalue weighted by molar-refractivity contribution is 6.35. The van der Waals surface area contributed by atoms with Crippen LogP contribution < -0.4 is 5.32 Å². The summed E-state index contributed by atoms with van der Waals surface area (Å²) in [4.78, 5) is 27.3. The van der Waals surface area contributed by atoms with Crippen molar-refractivity contribution >= 4 is 46.6 Å². The maximum atomic E-state index is 13.2. The first kappa shape index (κ1) is 22.5. The van der Waals surface area contributed by atoms with Gasteiger partial charge in [-0.15, -0.1) is 0 Å². The van der Waals surface area contributed by atoms with Crippen molar-refractivity contribution in [2.75, 3.05) is 6.54 Å². The lowest BCUT2D eigenvalue weighted by atomic mass is 10.1. The standard InChI is InChI=1S/C21H23Cl3N2O2/c1-3-19(21(28)25-4-2)26(13-15-7-5-6-8-17(15)23)20(27)11-14-9-10-16(22)12-18(14)24/h5-10,12,19H,3-4,11,13H2,1-2H3,(H,25,28)/t19-/m0/s1. The Hall–Kier alpha value is -1.75. The molecule has 0 bridgehead atoms. The first-order chi connectivity index (χ1) is 13.4. The lowest BCUT2D eigenvalue weighted by molar-refractivity contribution is -0.140. The lowest BCUT2D eigenvalue weighted by Gasteiger charge is -2.31. The highest BCUT2D eigenvalue weighted by Crippen LogP contribution is 2.24. The Kier molecular flexibility index (Phi) is 8.61. The fraction of sp³-hybridized carbons (Fsp3) is 0.333. The van der Waals surface area contributed by atoms with Gasteiger partial charge in [0.05, 0.1) is 6.42 Å². The van der Waals surface area contributed by atoms with Crippen LogP contribution in [-0.4, -0.2) is 29.3 Å². The summed E-state index contributed by atoms with van der Waals surface area (Å²) >= 11 is 18.5. The average Bonchev–Trinajstić information content (AvgIpc) is 2.65. The predicted octanol–water partition coefficient (Wildman–Crippen LogP) is 5.13. The van der Waals surface area contributed by atoms with Gasteiger partial charge in [-0.1, -0.05) is 66.0 Å². The van der Waals surface area contributed by atoms with Crippen LogP contribution in [-0.2, 0) is 22.6 Å². The maximum Gasteiger partial charge on any atom is 0.242 e. The van der Waals surface area contributed by atoms with E-state index >= 15 is 0 Å². The third-order valence-electron chi connectivity index (χ3n) is 4.39. The molecule has 2 amide bonds. The first-order valence-electron chi connectivity index (χ1n) is 9.11. The van der Waals surface area contributed by atoms with Crippen molar-refractivity contribution in [3.8, 4) is 0 Å². The monoisotopic (exact) mass is 440 g/mol. The minimum absolute atomic E-state index is 0.0658. The Morgan fingerprint density at radius 3 is 2.32 bits per heavy atom. The van der Waals surface area contributed by atoms with Gasteiger partial charge >= 0.3 is 0 Å². The van der Waals surface area contributed by atoms with Gasteiger partial charge in [-0.2, -0.15) is 0 Å². The summed E-state index contributed by atoms with van der Waals surface area (Å²) in [6.45, 7) is 4.45. The van der Waals surface area contributed by atoms with Gasteiger partial charge in [0.1, 0.15) is 6.04 Å². The predicted molar refractivity (Wildman–Crippen MR) is 115 cm³/mol. The molecule has 0 aliphatic carbocycles. The van der Waals surface area contributed by atoms with E-state index in [2.05, 4.69) is 5.32 Å². The van der Waals surface area contributed by atoms with Gasteiger partial charge < -0.3 is 10.2 Å². The van der Waals surface area contributed by atoms with Crippen molar-refractivity contribution in [3.63, 3.8) is 0 Å². The second-order valence-corrected chi connectivity index (χ2v) is 7.60. The second-order valence-electron chi connectivity index (χ2n) is 6.34. The lowest BCUT2D eigenvalue weighted by Crippen LogP contribution is -2.49. The third-order valence-corrected chi connectivity index (χ3v) is 5.35. The number of carbonyl (C=O) groups excluding carboxylic acids is 2. The van der Waals surface area contributed by atoms with Crippen LogP contribution in [0.1, 0.15) is 31.4 Å². The second kappa shape index (κ2) is 10.7. The molecule has 0 heterocycles. The topological polar surface area (TPSA) is 49.4 Å². The van der Waals surface area contributed by atoms with Gasteiger partial charge in [0.15, 0.2) is 0 Å². The first-order valence-corrected chi connectivity index (χ1v) is 10.2. The van der Waals surface area contributed by atoms with Crippen LogP contribution >= 0.6 is 34.8 Å². The Bertz CT molecular complexity index is 842. The quantitative estimate of drug-likeness (QED) is 0.617. The maximum absolute atomic E-state index is 13.2. The van der Waals surface area contributed by atoms with Crippen molar-refractivity contribution in [3.05, 3.63) is 68.7 Å². The van der Waals surface area contributed by atoms with Crippen LogP contribution in [0.3, 0.4) is 0 Å². The molecule has 0 aliphatic rings. The Morgan fingerprint density at radius 2 is 1.71 bits per heavy atom. The summed E-state index contributed by atoms with van der Waals surface area (Å²) in [5, 5.41) is 4.28. The summed E-state index contributed by atoms with van der Waals surface area (Å²) in [6, 6.07) is 11.7. The van der Waals surface area contributed by atoms with Crippen molar-refractivity contribution in [1.82, 2.24) is 10.2 Å². The minimum atomic E-state index is -0.602. The number of halogens is 3. The summed E-state index contributed by atoms with van der Waals surface area (Å²) in [7, 11) is 0. The molecular weight excluding hydrogens is 419 g/mol. The summed E-state index contributed by atoms with van der Waals surface area (Å²) in [6.07, 6.45) is 0.548. The zero-order valence-electron chi connectivity index (χ0n) is 15.8. The number of rotatable bonds is 8. The van der Waals surface area contributed by atoms with Crippen LogP contribution in [0.2, 0.25) is 15.1 Å². The molecule has 2 rings (SSSR count). The van der Waals surface area contributed by atoms with Crippen LogP contribution in [0, 0.1) is 0 Å². The smallest absolute Gasteiger partial charge is 0.242 e. The van der Waals surface area contributed by atoms with Crippen molar-refractivity contribution in [1.29, 1.82) is 0 Å². The number of benzene rings is 2. The molecule has 0 aromatic heterocycles. The third kappa shape index (κ3) is 5.87. The Morgan fingerprint density at radius 1 is 1.00 bits per heavy atom. The molecular formula is C21H23Cl3N2O2. The van der Waals surface area contributed by atoms with E-state index in [1.165, 1.54) is 0 Å². The van der Waals surface area contributed by atoms with Gasteiger partial charge in [0, 0.05) is 28.2 Å². The number of carbonyl (C=O) groups is 2. The van der Waals surface area contributed by atoms with Crippen LogP contribution in [0.15, 0.2) is 42.5 Å². The van der Waals surface area contributed by atoms with Crippen molar-refractivity contribution in [2.24, 2.45) is 0 Å². The number of amides is 2. The molecule has 0 saturated heterocycles. The molecule has 0 fully saturated rings. The van der Waals surface area contributed by atoms with Gasteiger partial charge in [0.2, 0.25) is 11.8 Å². The average molecular weight is 442 g/mol. The number of hydrogen-bond acceptors (Lipinski definition) is 2. The molecule has 2 aromatic carbocycles. The molecule has 0 saturated carbocycles. The molecule has 0 aliphatic heterocycles. The van der Waals surface area contributed by atoms with E-state index in [-0.39, 0.29) is 24.8 Å². The molecule has 4 nitrogen and oxygen atoms in total. The molecule has 0 unspecified atom stereocenters. The Labute approximate surface area is 180 Å². The minimum Gasteiger partial charge on any atom is -0.355 e. The molecule has 0 radical (unpaired) electrons. The fourth-order valence-corrected chi connectivity index (χ4v) is 3.62. The fourth-order valence-electron chi connectivity index (χ4n) is 2.95. The number of nitrogens with one attached hydrogen (secondary N) is 1. The van der Waals surface area contributed by atoms with Crippen molar-refractivity contribution < 1.29 is 9.59 Å². The summed E-state index contributed by atoms with van der Waals surface area (Å²) < 4.78 is 0.